The zero-order chi connectivity index (χ0) is 28.0. The highest BCUT2D eigenvalue weighted by Gasteiger charge is 2.29. The van der Waals surface area contributed by atoms with E-state index in [1.165, 1.54) is 14.0 Å². The van der Waals surface area contributed by atoms with Gasteiger partial charge in [0.05, 0.1) is 25.7 Å². The van der Waals surface area contributed by atoms with Crippen LogP contribution in [0.5, 0.6) is 0 Å². The number of esters is 1. The Morgan fingerprint density at radius 2 is 1.57 bits per heavy atom. The Balaban J connectivity index is 3.04. The number of carbonyl (C=O) groups excluding carboxylic acids is 4. The molecule has 0 aliphatic rings. The summed E-state index contributed by atoms with van der Waals surface area (Å²) in [5.41, 5.74) is 0.938. The third-order valence-corrected chi connectivity index (χ3v) is 6.17. The molecule has 4 N–H and O–H groups in total. The maximum absolute atomic E-state index is 13.1. The van der Waals surface area contributed by atoms with Crippen LogP contribution in [0.2, 0.25) is 0 Å². The van der Waals surface area contributed by atoms with Crippen LogP contribution in [-0.4, -0.2) is 60.1 Å². The highest BCUT2D eigenvalue weighted by molar-refractivity contribution is 5.87. The second-order valence-corrected chi connectivity index (χ2v) is 10.3. The lowest BCUT2D eigenvalue weighted by Crippen LogP contribution is -2.53. The smallest absolute Gasteiger partial charge is 0.306 e. The fourth-order valence-electron chi connectivity index (χ4n) is 4.03. The van der Waals surface area contributed by atoms with Crippen molar-refractivity contribution in [2.75, 3.05) is 7.11 Å². The van der Waals surface area contributed by atoms with Gasteiger partial charge in [0.15, 0.2) is 0 Å². The predicted octanol–water partition coefficient (Wildman–Crippen LogP) is 2.50. The van der Waals surface area contributed by atoms with Gasteiger partial charge in [-0.1, -0.05) is 58.0 Å². The van der Waals surface area contributed by atoms with Crippen LogP contribution in [0.3, 0.4) is 0 Å². The largest absolute Gasteiger partial charge is 0.469 e. The Morgan fingerprint density at radius 1 is 0.919 bits per heavy atom. The van der Waals surface area contributed by atoms with E-state index >= 15 is 0 Å². The molecule has 0 spiro atoms. The molecule has 1 aromatic rings. The van der Waals surface area contributed by atoms with E-state index in [9.17, 15) is 24.3 Å². The Bertz CT molecular complexity index is 859. The minimum atomic E-state index is -0.960. The van der Waals surface area contributed by atoms with Crippen molar-refractivity contribution in [1.29, 1.82) is 0 Å². The van der Waals surface area contributed by atoms with Crippen LogP contribution in [0.4, 0.5) is 0 Å². The summed E-state index contributed by atoms with van der Waals surface area (Å²) in [6.07, 6.45) is 1.01. The molecule has 4 atom stereocenters. The van der Waals surface area contributed by atoms with Crippen molar-refractivity contribution in [2.24, 2.45) is 11.8 Å². The molecule has 0 aromatic heterocycles. The Kier molecular flexibility index (Phi) is 14.5. The van der Waals surface area contributed by atoms with Gasteiger partial charge in [0.2, 0.25) is 17.7 Å². The van der Waals surface area contributed by atoms with Gasteiger partial charge in [0, 0.05) is 19.4 Å². The van der Waals surface area contributed by atoms with Gasteiger partial charge in [-0.3, -0.25) is 19.2 Å². The fraction of sp³-hybridized carbons (Fsp3) is 0.643. The van der Waals surface area contributed by atoms with E-state index in [-0.39, 0.29) is 48.9 Å². The van der Waals surface area contributed by atoms with Crippen molar-refractivity contribution in [3.05, 3.63) is 35.9 Å². The molecule has 2 unspecified atom stereocenters. The first kappa shape index (κ1) is 32.1. The number of aliphatic hydroxyl groups is 1. The Hall–Kier alpha value is -2.94. The number of hydrogen-bond acceptors (Lipinski definition) is 6. The summed E-state index contributed by atoms with van der Waals surface area (Å²) < 4.78 is 4.61. The number of benzene rings is 1. The molecule has 0 fully saturated rings. The van der Waals surface area contributed by atoms with Crippen LogP contribution in [0, 0.1) is 11.8 Å². The Morgan fingerprint density at radius 3 is 2.11 bits per heavy atom. The molecule has 0 heterocycles. The number of hydrogen-bond donors (Lipinski definition) is 4. The van der Waals surface area contributed by atoms with E-state index in [4.69, 9.17) is 0 Å². The number of methoxy groups -OCH3 is 1. The summed E-state index contributed by atoms with van der Waals surface area (Å²) in [5.74, 6) is -1.15. The molecule has 208 valence electrons. The molecule has 37 heavy (non-hydrogen) atoms. The van der Waals surface area contributed by atoms with Crippen molar-refractivity contribution < 1.29 is 29.0 Å². The van der Waals surface area contributed by atoms with Gasteiger partial charge in [0.25, 0.3) is 0 Å². The molecule has 9 nitrogen and oxygen atoms in total. The van der Waals surface area contributed by atoms with Crippen molar-refractivity contribution in [3.63, 3.8) is 0 Å². The van der Waals surface area contributed by atoms with Gasteiger partial charge >= 0.3 is 5.97 Å². The highest BCUT2D eigenvalue weighted by Crippen LogP contribution is 2.16. The second kappa shape index (κ2) is 16.7. The van der Waals surface area contributed by atoms with Gasteiger partial charge in [-0.2, -0.15) is 0 Å². The number of ether oxygens (including phenoxy) is 1. The van der Waals surface area contributed by atoms with Crippen molar-refractivity contribution >= 4 is 23.7 Å². The highest BCUT2D eigenvalue weighted by atomic mass is 16.5. The van der Waals surface area contributed by atoms with E-state index in [0.717, 1.165) is 12.0 Å². The lowest BCUT2D eigenvalue weighted by molar-refractivity contribution is -0.142. The Labute approximate surface area is 221 Å². The summed E-state index contributed by atoms with van der Waals surface area (Å²) >= 11 is 0. The molecule has 0 radical (unpaired) electrons. The average Bonchev–Trinajstić information content (AvgIpc) is 2.84. The van der Waals surface area contributed by atoms with Crippen molar-refractivity contribution in [3.8, 4) is 0 Å². The van der Waals surface area contributed by atoms with Crippen LogP contribution in [0.15, 0.2) is 30.3 Å². The number of rotatable bonds is 16. The van der Waals surface area contributed by atoms with Crippen LogP contribution < -0.4 is 16.0 Å². The molecule has 0 saturated carbocycles. The van der Waals surface area contributed by atoms with Crippen molar-refractivity contribution in [2.45, 2.75) is 97.4 Å². The molecule has 1 rings (SSSR count). The van der Waals surface area contributed by atoms with E-state index < -0.39 is 24.2 Å². The maximum Gasteiger partial charge on any atom is 0.306 e. The first-order valence-corrected chi connectivity index (χ1v) is 13.1. The lowest BCUT2D eigenvalue weighted by atomic mass is 9.92. The number of aliphatic hydroxyl groups excluding tert-OH is 1. The minimum Gasteiger partial charge on any atom is -0.469 e. The van der Waals surface area contributed by atoms with Gasteiger partial charge in [-0.25, -0.2) is 0 Å². The molecule has 9 heteroatoms. The third kappa shape index (κ3) is 13.3. The topological polar surface area (TPSA) is 134 Å². The summed E-state index contributed by atoms with van der Waals surface area (Å²) in [7, 11) is 1.27. The fourth-order valence-corrected chi connectivity index (χ4v) is 4.03. The summed E-state index contributed by atoms with van der Waals surface area (Å²) in [4.78, 5) is 48.7. The van der Waals surface area contributed by atoms with E-state index in [2.05, 4.69) is 34.5 Å². The van der Waals surface area contributed by atoms with Crippen LogP contribution in [-0.2, 0) is 30.3 Å². The van der Waals surface area contributed by atoms with Crippen LogP contribution >= 0.6 is 0 Å². The number of amides is 3. The van der Waals surface area contributed by atoms with Crippen LogP contribution in [0.1, 0.15) is 72.3 Å². The molecule has 0 aliphatic heterocycles. The average molecular weight is 520 g/mol. The quantitative estimate of drug-likeness (QED) is 0.248. The molecular weight excluding hydrogens is 474 g/mol. The summed E-state index contributed by atoms with van der Waals surface area (Å²) in [6, 6.07) is 7.83. The van der Waals surface area contributed by atoms with E-state index in [0.29, 0.717) is 18.8 Å². The first-order chi connectivity index (χ1) is 17.4. The third-order valence-electron chi connectivity index (χ3n) is 6.17. The second-order valence-electron chi connectivity index (χ2n) is 10.3. The zero-order valence-corrected chi connectivity index (χ0v) is 23.1. The SMILES string of the molecule is COC(=O)CCC(=O)NC(Cc1ccccc1)[C@@H](O)CC(CCC(C)C)NC(=O)[C@@H](NC(C)=O)C(C)C. The summed E-state index contributed by atoms with van der Waals surface area (Å²) in [6.45, 7) is 9.27. The van der Waals surface area contributed by atoms with Gasteiger partial charge in [-0.15, -0.1) is 0 Å². The van der Waals surface area contributed by atoms with Crippen molar-refractivity contribution in [1.82, 2.24) is 16.0 Å². The molecule has 0 saturated heterocycles. The maximum atomic E-state index is 13.1. The lowest BCUT2D eigenvalue weighted by Gasteiger charge is -2.30. The molecule has 0 bridgehead atoms. The predicted molar refractivity (Wildman–Crippen MR) is 142 cm³/mol. The van der Waals surface area contributed by atoms with Gasteiger partial charge in [-0.05, 0) is 43.1 Å². The number of nitrogens with one attached hydrogen (secondary N) is 3. The van der Waals surface area contributed by atoms with E-state index in [1.807, 2.05) is 44.2 Å². The monoisotopic (exact) mass is 519 g/mol. The molecule has 1 aromatic carbocycles. The first-order valence-electron chi connectivity index (χ1n) is 13.1. The van der Waals surface area contributed by atoms with Gasteiger partial charge < -0.3 is 25.8 Å². The zero-order valence-electron chi connectivity index (χ0n) is 23.1. The molecular formula is C28H45N3O6. The minimum absolute atomic E-state index is 0.0506. The van der Waals surface area contributed by atoms with Gasteiger partial charge in [0.1, 0.15) is 6.04 Å². The molecule has 0 aliphatic carbocycles. The summed E-state index contributed by atoms with van der Waals surface area (Å²) in [5, 5.41) is 19.9. The van der Waals surface area contributed by atoms with Crippen LogP contribution in [0.25, 0.3) is 0 Å². The normalized spacial score (nSPS) is 14.4. The number of carbonyl (C=O) groups is 4. The standard InChI is InChI=1S/C28H45N3O6/c1-18(2)12-13-22(30-28(36)27(19(3)4)29-20(5)32)17-24(33)23(16-21-10-8-7-9-11-21)31-25(34)14-15-26(35)37-6/h7-11,18-19,22-24,27,33H,12-17H2,1-6H3,(H,29,32)(H,30,36)(H,31,34)/t22?,23?,24-,27-/m0/s1. The molecule has 3 amide bonds. The van der Waals surface area contributed by atoms with E-state index in [1.54, 1.807) is 0 Å².